The molecular formula is C20H19FN4O2S. The van der Waals surface area contributed by atoms with Crippen LogP contribution in [-0.2, 0) is 26.6 Å². The molecule has 144 valence electrons. The zero-order valence-corrected chi connectivity index (χ0v) is 16.1. The summed E-state index contributed by atoms with van der Waals surface area (Å²) in [6, 6.07) is 9.64. The Kier molecular flexibility index (Phi) is 4.95. The van der Waals surface area contributed by atoms with Gasteiger partial charge in [-0.1, -0.05) is 18.2 Å². The van der Waals surface area contributed by atoms with Gasteiger partial charge in [0.15, 0.2) is 5.69 Å². The number of hydrogen-bond donors (Lipinski definition) is 1. The summed E-state index contributed by atoms with van der Waals surface area (Å²) in [5.74, 6) is -0.641. The highest BCUT2D eigenvalue weighted by Crippen LogP contribution is 2.24. The normalized spacial score (nSPS) is 13.3. The van der Waals surface area contributed by atoms with Crippen LogP contribution in [0.4, 0.5) is 4.39 Å². The Morgan fingerprint density at radius 1 is 1.25 bits per heavy atom. The Balaban J connectivity index is 1.51. The van der Waals surface area contributed by atoms with Crippen LogP contribution in [0, 0.1) is 5.82 Å². The second kappa shape index (κ2) is 7.55. The van der Waals surface area contributed by atoms with E-state index in [9.17, 15) is 14.0 Å². The quantitative estimate of drug-likeness (QED) is 0.735. The number of carbonyl (C=O) groups is 2. The number of nitrogens with zero attached hydrogens (tertiary/aromatic N) is 3. The van der Waals surface area contributed by atoms with Gasteiger partial charge in [-0.2, -0.15) is 5.10 Å². The average Bonchev–Trinajstić information content (AvgIpc) is 3.35. The van der Waals surface area contributed by atoms with Crippen molar-refractivity contribution in [3.8, 4) is 0 Å². The summed E-state index contributed by atoms with van der Waals surface area (Å²) in [5, 5.41) is 9.09. The van der Waals surface area contributed by atoms with E-state index in [1.165, 1.54) is 23.5 Å². The van der Waals surface area contributed by atoms with E-state index in [0.29, 0.717) is 30.1 Å². The second-order valence-corrected chi connectivity index (χ2v) is 7.61. The molecule has 0 aliphatic carbocycles. The van der Waals surface area contributed by atoms with Crippen LogP contribution in [0.1, 0.15) is 37.0 Å². The first-order chi connectivity index (χ1) is 13.5. The lowest BCUT2D eigenvalue weighted by atomic mass is 10.0. The van der Waals surface area contributed by atoms with Gasteiger partial charge in [0.1, 0.15) is 5.82 Å². The molecule has 2 amide bonds. The summed E-state index contributed by atoms with van der Waals surface area (Å²) >= 11 is 1.41. The maximum absolute atomic E-state index is 13.0. The smallest absolute Gasteiger partial charge is 0.272 e. The molecule has 1 aromatic carbocycles. The molecule has 0 fully saturated rings. The predicted molar refractivity (Wildman–Crippen MR) is 104 cm³/mol. The van der Waals surface area contributed by atoms with Crippen molar-refractivity contribution < 1.29 is 14.0 Å². The molecule has 0 radical (unpaired) electrons. The van der Waals surface area contributed by atoms with Crippen LogP contribution in [0.15, 0.2) is 41.8 Å². The molecule has 0 saturated heterocycles. The van der Waals surface area contributed by atoms with Gasteiger partial charge in [0.05, 0.1) is 11.4 Å². The van der Waals surface area contributed by atoms with Crippen molar-refractivity contribution >= 4 is 23.2 Å². The Bertz CT molecular complexity index is 1010. The first kappa shape index (κ1) is 18.4. The van der Waals surface area contributed by atoms with Gasteiger partial charge in [-0.15, -0.1) is 11.3 Å². The van der Waals surface area contributed by atoms with E-state index in [4.69, 9.17) is 0 Å². The Morgan fingerprint density at radius 2 is 2.04 bits per heavy atom. The molecule has 4 rings (SSSR count). The number of nitrogens with one attached hydrogen (secondary N) is 1. The van der Waals surface area contributed by atoms with E-state index in [-0.39, 0.29) is 24.2 Å². The number of amides is 2. The van der Waals surface area contributed by atoms with E-state index in [0.717, 1.165) is 16.8 Å². The van der Waals surface area contributed by atoms with Gasteiger partial charge in [-0.05, 0) is 29.1 Å². The van der Waals surface area contributed by atoms with E-state index in [1.807, 2.05) is 24.6 Å². The molecule has 6 nitrogen and oxygen atoms in total. The molecular weight excluding hydrogens is 379 g/mol. The van der Waals surface area contributed by atoms with Gasteiger partial charge in [0.2, 0.25) is 0 Å². The molecule has 3 heterocycles. The minimum atomic E-state index is -0.315. The van der Waals surface area contributed by atoms with Gasteiger partial charge in [-0.3, -0.25) is 14.3 Å². The molecule has 1 aliphatic rings. The maximum Gasteiger partial charge on any atom is 0.272 e. The van der Waals surface area contributed by atoms with E-state index in [1.54, 1.807) is 21.7 Å². The van der Waals surface area contributed by atoms with Crippen molar-refractivity contribution in [2.75, 3.05) is 6.54 Å². The standard InChI is InChI=1S/C20H19FN4O2S/c1-24-16-8-9-25(20(27)17-3-2-10-28-17)12-15(16)18(23-24)19(26)22-11-13-4-6-14(21)7-5-13/h2-7,10H,8-9,11-12H2,1H3,(H,22,26). The van der Waals surface area contributed by atoms with Crippen molar-refractivity contribution in [1.29, 1.82) is 0 Å². The minimum absolute atomic E-state index is 0.0258. The van der Waals surface area contributed by atoms with Crippen LogP contribution in [-0.4, -0.2) is 33.0 Å². The first-order valence-electron chi connectivity index (χ1n) is 8.93. The van der Waals surface area contributed by atoms with Gasteiger partial charge in [0.25, 0.3) is 11.8 Å². The van der Waals surface area contributed by atoms with Crippen LogP contribution in [0.3, 0.4) is 0 Å². The molecule has 0 saturated carbocycles. The van der Waals surface area contributed by atoms with Crippen LogP contribution >= 0.6 is 11.3 Å². The molecule has 8 heteroatoms. The first-order valence-corrected chi connectivity index (χ1v) is 9.81. The van der Waals surface area contributed by atoms with Crippen LogP contribution in [0.2, 0.25) is 0 Å². The number of carbonyl (C=O) groups excluding carboxylic acids is 2. The van der Waals surface area contributed by atoms with Gasteiger partial charge >= 0.3 is 0 Å². The van der Waals surface area contributed by atoms with Crippen molar-refractivity contribution in [3.05, 3.63) is 75.0 Å². The van der Waals surface area contributed by atoms with Crippen molar-refractivity contribution in [3.63, 3.8) is 0 Å². The predicted octanol–water partition coefficient (Wildman–Crippen LogP) is 2.75. The summed E-state index contributed by atoms with van der Waals surface area (Å²) in [6.07, 6.45) is 0.654. The van der Waals surface area contributed by atoms with Crippen molar-refractivity contribution in [2.45, 2.75) is 19.5 Å². The average molecular weight is 398 g/mol. The fraction of sp³-hybridized carbons (Fsp3) is 0.250. The number of halogens is 1. The van der Waals surface area contributed by atoms with E-state index in [2.05, 4.69) is 10.4 Å². The number of benzene rings is 1. The highest BCUT2D eigenvalue weighted by atomic mass is 32.1. The van der Waals surface area contributed by atoms with Crippen LogP contribution < -0.4 is 5.32 Å². The fourth-order valence-corrected chi connectivity index (χ4v) is 4.06. The summed E-state index contributed by atoms with van der Waals surface area (Å²) in [4.78, 5) is 27.8. The fourth-order valence-electron chi connectivity index (χ4n) is 3.37. The second-order valence-electron chi connectivity index (χ2n) is 6.66. The lowest BCUT2D eigenvalue weighted by molar-refractivity contribution is 0.0735. The SMILES string of the molecule is Cn1nc(C(=O)NCc2ccc(F)cc2)c2c1CCN(C(=O)c1cccs1)C2. The highest BCUT2D eigenvalue weighted by molar-refractivity contribution is 7.12. The van der Waals surface area contributed by atoms with Gasteiger partial charge < -0.3 is 10.2 Å². The molecule has 1 N–H and O–H groups in total. The molecule has 0 bridgehead atoms. The van der Waals surface area contributed by atoms with E-state index < -0.39 is 0 Å². The van der Waals surface area contributed by atoms with Gasteiger partial charge in [-0.25, -0.2) is 4.39 Å². The lowest BCUT2D eigenvalue weighted by Crippen LogP contribution is -2.36. The number of aryl methyl sites for hydroxylation is 1. The summed E-state index contributed by atoms with van der Waals surface area (Å²) in [5.41, 5.74) is 2.90. The number of fused-ring (bicyclic) bond motifs is 1. The molecule has 0 unspecified atom stereocenters. The third kappa shape index (κ3) is 3.55. The molecule has 0 spiro atoms. The van der Waals surface area contributed by atoms with Crippen LogP contribution in [0.25, 0.3) is 0 Å². The molecule has 1 aliphatic heterocycles. The van der Waals surface area contributed by atoms with Crippen LogP contribution in [0.5, 0.6) is 0 Å². The zero-order chi connectivity index (χ0) is 19.7. The Hall–Kier alpha value is -3.00. The molecule has 28 heavy (non-hydrogen) atoms. The zero-order valence-electron chi connectivity index (χ0n) is 15.3. The third-order valence-corrected chi connectivity index (χ3v) is 5.70. The van der Waals surface area contributed by atoms with Gasteiger partial charge in [0, 0.05) is 37.8 Å². The third-order valence-electron chi connectivity index (χ3n) is 4.84. The Labute approximate surface area is 165 Å². The summed E-state index contributed by atoms with van der Waals surface area (Å²) in [6.45, 7) is 1.24. The summed E-state index contributed by atoms with van der Waals surface area (Å²) in [7, 11) is 1.81. The number of hydrogen-bond acceptors (Lipinski definition) is 4. The van der Waals surface area contributed by atoms with E-state index >= 15 is 0 Å². The number of rotatable bonds is 4. The van der Waals surface area contributed by atoms with Crippen molar-refractivity contribution in [2.24, 2.45) is 7.05 Å². The maximum atomic E-state index is 13.0. The summed E-state index contributed by atoms with van der Waals surface area (Å²) < 4.78 is 14.7. The lowest BCUT2D eigenvalue weighted by Gasteiger charge is -2.27. The molecule has 0 atom stereocenters. The molecule has 3 aromatic rings. The number of aromatic nitrogens is 2. The largest absolute Gasteiger partial charge is 0.347 e. The van der Waals surface area contributed by atoms with Crippen molar-refractivity contribution in [1.82, 2.24) is 20.0 Å². The highest BCUT2D eigenvalue weighted by Gasteiger charge is 2.29. The minimum Gasteiger partial charge on any atom is -0.347 e. The molecule has 2 aromatic heterocycles. The topological polar surface area (TPSA) is 67.2 Å². The Morgan fingerprint density at radius 3 is 2.75 bits per heavy atom. The monoisotopic (exact) mass is 398 g/mol. The number of thiophene rings is 1.